The summed E-state index contributed by atoms with van der Waals surface area (Å²) in [6, 6.07) is 8.24. The highest BCUT2D eigenvalue weighted by molar-refractivity contribution is 8.00. The van der Waals surface area contributed by atoms with Crippen molar-refractivity contribution in [1.29, 1.82) is 0 Å². The number of benzene rings is 1. The lowest BCUT2D eigenvalue weighted by Gasteiger charge is -2.49. The first-order valence-corrected chi connectivity index (χ1v) is 12.9. The summed E-state index contributed by atoms with van der Waals surface area (Å²) in [5, 5.41) is 2.17. The van der Waals surface area contributed by atoms with Crippen LogP contribution in [0.3, 0.4) is 0 Å². The number of fused-ring (bicyclic) bond motifs is 1. The van der Waals surface area contributed by atoms with E-state index in [0.717, 1.165) is 5.56 Å². The molecule has 3 amide bonds. The van der Waals surface area contributed by atoms with Crippen molar-refractivity contribution < 1.29 is 42.9 Å². The van der Waals surface area contributed by atoms with Crippen LogP contribution in [0.5, 0.6) is 0 Å². The minimum absolute atomic E-state index is 0.0970. The summed E-state index contributed by atoms with van der Waals surface area (Å²) in [5.41, 5.74) is 1.02. The molecule has 2 heterocycles. The number of nitrogens with zero attached hydrogens (tertiary/aromatic N) is 2. The van der Waals surface area contributed by atoms with Crippen molar-refractivity contribution in [3.8, 4) is 0 Å². The second-order valence-electron chi connectivity index (χ2n) is 9.03. The average Bonchev–Trinajstić information content (AvgIpc) is 2.84. The molecule has 3 rings (SSSR count). The number of ether oxygens (including phenoxy) is 4. The molecule has 1 fully saturated rings. The minimum atomic E-state index is -1.32. The van der Waals surface area contributed by atoms with Gasteiger partial charge in [0.05, 0.1) is 12.5 Å². The summed E-state index contributed by atoms with van der Waals surface area (Å²) in [4.78, 5) is 65.0. The van der Waals surface area contributed by atoms with E-state index in [1.54, 1.807) is 13.8 Å². The first-order chi connectivity index (χ1) is 18.0. The van der Waals surface area contributed by atoms with Crippen LogP contribution in [0, 0.1) is 0 Å². The van der Waals surface area contributed by atoms with Crippen molar-refractivity contribution in [3.05, 3.63) is 47.2 Å². The fourth-order valence-electron chi connectivity index (χ4n) is 3.65. The second kappa shape index (κ2) is 12.7. The molecule has 0 aromatic heterocycles. The molecule has 1 saturated heterocycles. The Bertz CT molecular complexity index is 1110. The van der Waals surface area contributed by atoms with Gasteiger partial charge in [0.25, 0.3) is 5.91 Å². The summed E-state index contributed by atoms with van der Waals surface area (Å²) < 4.78 is 20.3. The van der Waals surface area contributed by atoms with Crippen molar-refractivity contribution in [1.82, 2.24) is 15.1 Å². The van der Waals surface area contributed by atoms with E-state index in [1.807, 2.05) is 30.3 Å². The number of amides is 3. The van der Waals surface area contributed by atoms with Crippen molar-refractivity contribution in [2.24, 2.45) is 0 Å². The van der Waals surface area contributed by atoms with Crippen LogP contribution >= 0.6 is 11.8 Å². The fraction of sp³-hybridized carbons (Fsp3) is 0.480. The molecule has 1 N–H and O–H groups in total. The van der Waals surface area contributed by atoms with Crippen LogP contribution in [0.25, 0.3) is 0 Å². The molecule has 2 aliphatic heterocycles. The molecule has 38 heavy (non-hydrogen) atoms. The van der Waals surface area contributed by atoms with E-state index in [4.69, 9.17) is 18.9 Å². The van der Waals surface area contributed by atoms with Crippen molar-refractivity contribution >= 4 is 41.8 Å². The van der Waals surface area contributed by atoms with Crippen molar-refractivity contribution in [3.63, 3.8) is 0 Å². The molecule has 2 unspecified atom stereocenters. The van der Waals surface area contributed by atoms with E-state index in [1.165, 1.54) is 42.6 Å². The van der Waals surface area contributed by atoms with Gasteiger partial charge in [-0.25, -0.2) is 14.4 Å². The van der Waals surface area contributed by atoms with Crippen LogP contribution < -0.4 is 5.32 Å². The first-order valence-electron chi connectivity index (χ1n) is 11.9. The standard InChI is InChI=1S/C25H31N3O9S/c1-14(2)35-25(33)37-15(3)36-23(31)20-17(12-34-24(32)27(4)5)13-38-22-19(21(30)28(20)22)26-18(29)11-16-9-7-6-8-10-16/h6-10,14-15,19,22H,11-13H2,1-5H3,(H,26,29)/t15?,19?,22-/m0/s1. The predicted molar refractivity (Wildman–Crippen MR) is 135 cm³/mol. The molecule has 3 atom stereocenters. The number of hydrogen-bond donors (Lipinski definition) is 1. The van der Waals surface area contributed by atoms with Gasteiger partial charge in [-0.3, -0.25) is 14.5 Å². The third-order valence-corrected chi connectivity index (χ3v) is 6.71. The zero-order valence-corrected chi connectivity index (χ0v) is 22.6. The van der Waals surface area contributed by atoms with Crippen LogP contribution in [0.15, 0.2) is 41.6 Å². The Morgan fingerprint density at radius 3 is 2.39 bits per heavy atom. The normalized spacial score (nSPS) is 19.1. The van der Waals surface area contributed by atoms with E-state index >= 15 is 0 Å². The predicted octanol–water partition coefficient (Wildman–Crippen LogP) is 2.03. The molecule has 0 saturated carbocycles. The first kappa shape index (κ1) is 28.8. The molecule has 206 valence electrons. The van der Waals surface area contributed by atoms with E-state index < -0.39 is 47.9 Å². The maximum Gasteiger partial charge on any atom is 0.511 e. The maximum absolute atomic E-state index is 13.2. The minimum Gasteiger partial charge on any atom is -0.445 e. The van der Waals surface area contributed by atoms with Crippen LogP contribution in [0.4, 0.5) is 9.59 Å². The zero-order chi connectivity index (χ0) is 28.0. The Morgan fingerprint density at radius 2 is 1.76 bits per heavy atom. The summed E-state index contributed by atoms with van der Waals surface area (Å²) in [5.74, 6) is -1.56. The smallest absolute Gasteiger partial charge is 0.445 e. The van der Waals surface area contributed by atoms with E-state index in [2.05, 4.69) is 5.32 Å². The number of carbonyl (C=O) groups excluding carboxylic acids is 5. The molecule has 1 aromatic rings. The molecular formula is C25H31N3O9S. The van der Waals surface area contributed by atoms with E-state index in [-0.39, 0.29) is 30.4 Å². The third kappa shape index (κ3) is 7.18. The Kier molecular flexibility index (Phi) is 9.61. The molecule has 12 nitrogen and oxygen atoms in total. The number of esters is 1. The number of nitrogens with one attached hydrogen (secondary N) is 1. The van der Waals surface area contributed by atoms with Crippen LogP contribution in [-0.4, -0.2) is 90.1 Å². The number of carbonyl (C=O) groups is 5. The number of rotatable bonds is 9. The Morgan fingerprint density at radius 1 is 1.08 bits per heavy atom. The summed E-state index contributed by atoms with van der Waals surface area (Å²) in [6.07, 6.45) is -3.31. The number of β-lactam (4-membered cyclic amide) rings is 1. The molecule has 2 aliphatic rings. The Labute approximate surface area is 224 Å². The average molecular weight is 550 g/mol. The highest BCUT2D eigenvalue weighted by Crippen LogP contribution is 2.41. The van der Waals surface area contributed by atoms with Gasteiger partial charge in [-0.15, -0.1) is 11.8 Å². The quantitative estimate of drug-likeness (QED) is 0.211. The Balaban J connectivity index is 1.74. The molecule has 13 heteroatoms. The topological polar surface area (TPSA) is 141 Å². The van der Waals surface area contributed by atoms with Gasteiger partial charge in [0, 0.05) is 32.3 Å². The molecule has 0 radical (unpaired) electrons. The van der Waals surface area contributed by atoms with Crippen molar-refractivity contribution in [2.45, 2.75) is 51.0 Å². The molecule has 0 aliphatic carbocycles. The van der Waals surface area contributed by atoms with Gasteiger partial charge < -0.3 is 29.2 Å². The van der Waals surface area contributed by atoms with Gasteiger partial charge in [0.1, 0.15) is 23.7 Å². The van der Waals surface area contributed by atoms with Gasteiger partial charge in [-0.1, -0.05) is 30.3 Å². The highest BCUT2D eigenvalue weighted by atomic mass is 32.2. The molecule has 0 spiro atoms. The lowest BCUT2D eigenvalue weighted by molar-refractivity contribution is -0.169. The Hall–Kier alpha value is -3.74. The van der Waals surface area contributed by atoms with E-state index in [9.17, 15) is 24.0 Å². The monoisotopic (exact) mass is 549 g/mol. The second-order valence-corrected chi connectivity index (χ2v) is 10.1. The fourth-order valence-corrected chi connectivity index (χ4v) is 4.98. The number of hydrogen-bond acceptors (Lipinski definition) is 10. The summed E-state index contributed by atoms with van der Waals surface area (Å²) in [7, 11) is 3.02. The summed E-state index contributed by atoms with van der Waals surface area (Å²) in [6.45, 7) is 4.33. The highest BCUT2D eigenvalue weighted by Gasteiger charge is 2.54. The lowest BCUT2D eigenvalue weighted by atomic mass is 10.0. The SMILES string of the molecule is CC(C)OC(=O)OC(C)OC(=O)C1=C(COC(=O)N(C)C)CS[C@H]2C(NC(=O)Cc3ccccc3)C(=O)N12. The van der Waals surface area contributed by atoms with Gasteiger partial charge in [0.15, 0.2) is 0 Å². The maximum atomic E-state index is 13.2. The molecule has 1 aromatic carbocycles. The zero-order valence-electron chi connectivity index (χ0n) is 21.8. The van der Waals surface area contributed by atoms with Crippen molar-refractivity contribution in [2.75, 3.05) is 26.5 Å². The third-order valence-electron chi connectivity index (χ3n) is 5.37. The van der Waals surface area contributed by atoms with Crippen LogP contribution in [0.1, 0.15) is 26.3 Å². The van der Waals surface area contributed by atoms with Gasteiger partial charge in [0.2, 0.25) is 12.2 Å². The lowest BCUT2D eigenvalue weighted by Crippen LogP contribution is -2.70. The molecule has 0 bridgehead atoms. The van der Waals surface area contributed by atoms with Crippen LogP contribution in [0.2, 0.25) is 0 Å². The van der Waals surface area contributed by atoms with Gasteiger partial charge >= 0.3 is 18.2 Å². The van der Waals surface area contributed by atoms with Gasteiger partial charge in [-0.2, -0.15) is 0 Å². The largest absolute Gasteiger partial charge is 0.511 e. The summed E-state index contributed by atoms with van der Waals surface area (Å²) >= 11 is 1.31. The molecular weight excluding hydrogens is 518 g/mol. The van der Waals surface area contributed by atoms with Crippen LogP contribution in [-0.2, 0) is 39.8 Å². The van der Waals surface area contributed by atoms with E-state index in [0.29, 0.717) is 5.57 Å². The van der Waals surface area contributed by atoms with Gasteiger partial charge in [-0.05, 0) is 19.4 Å². The number of thioether (sulfide) groups is 1.